The predicted octanol–water partition coefficient (Wildman–Crippen LogP) is 3.25. The Kier molecular flexibility index (Phi) is 4.43. The summed E-state index contributed by atoms with van der Waals surface area (Å²) >= 11 is 1.21. The molecule has 1 aromatic carbocycles. The lowest BCUT2D eigenvalue weighted by atomic mass is 9.99. The second-order valence-corrected chi connectivity index (χ2v) is 7.84. The van der Waals surface area contributed by atoms with Gasteiger partial charge in [0, 0.05) is 17.8 Å². The summed E-state index contributed by atoms with van der Waals surface area (Å²) in [6.45, 7) is 0. The first-order valence-electron chi connectivity index (χ1n) is 8.66. The van der Waals surface area contributed by atoms with Gasteiger partial charge in [0.2, 0.25) is 5.76 Å². The Morgan fingerprint density at radius 2 is 1.84 bits per heavy atom. The molecule has 1 amide bonds. The molecule has 0 saturated heterocycles. The van der Waals surface area contributed by atoms with Gasteiger partial charge in [0.05, 0.1) is 6.20 Å². The number of hydrogen-bond acceptors (Lipinski definition) is 6. The third kappa shape index (κ3) is 3.26. The van der Waals surface area contributed by atoms with Gasteiger partial charge in [-0.3, -0.25) is 9.52 Å². The number of carbonyl (C=O) groups is 1. The fraction of sp³-hybridized carbons (Fsp3) is 0.444. The Hall–Kier alpha value is -1.99. The molecule has 2 N–H and O–H groups in total. The zero-order valence-electron chi connectivity index (χ0n) is 14.5. The third-order valence-electron chi connectivity index (χ3n) is 4.76. The van der Waals surface area contributed by atoms with Gasteiger partial charge < -0.3 is 9.73 Å². The van der Waals surface area contributed by atoms with Crippen molar-refractivity contribution in [3.63, 3.8) is 0 Å². The minimum absolute atomic E-state index is 0.209. The van der Waals surface area contributed by atoms with Gasteiger partial charge in [-0.25, -0.2) is 9.29 Å². The number of nitrogens with one attached hydrogen (secondary N) is 2. The molecule has 0 radical (unpaired) electrons. The van der Waals surface area contributed by atoms with Crippen LogP contribution in [0.25, 0.3) is 0 Å². The molecule has 2 aromatic rings. The molecule has 2 aliphatic rings. The molecule has 1 aromatic heterocycles. The average molecular weight is 358 g/mol. The van der Waals surface area contributed by atoms with Crippen molar-refractivity contribution in [3.05, 3.63) is 40.3 Å². The molecule has 0 unspecified atom stereocenters. The van der Waals surface area contributed by atoms with Crippen molar-refractivity contribution in [2.24, 2.45) is 0 Å². The van der Waals surface area contributed by atoms with Crippen LogP contribution in [-0.2, 0) is 25.7 Å². The third-order valence-corrected chi connectivity index (χ3v) is 5.40. The summed E-state index contributed by atoms with van der Waals surface area (Å²) in [6.07, 6.45) is 8.37. The van der Waals surface area contributed by atoms with E-state index in [1.807, 2.05) is 14.1 Å². The van der Waals surface area contributed by atoms with Crippen LogP contribution in [0.2, 0.25) is 0 Å². The number of amides is 1. The lowest BCUT2D eigenvalue weighted by molar-refractivity contribution is 0.0957. The summed E-state index contributed by atoms with van der Waals surface area (Å²) < 4.78 is 10.1. The molecule has 0 bridgehead atoms. The number of benzene rings is 1. The van der Waals surface area contributed by atoms with Crippen molar-refractivity contribution in [2.75, 3.05) is 19.4 Å². The Morgan fingerprint density at radius 1 is 1.16 bits per heavy atom. The molecular formula is C18H22N4O2S. The van der Waals surface area contributed by atoms with E-state index in [0.717, 1.165) is 25.7 Å². The highest BCUT2D eigenvalue weighted by Crippen LogP contribution is 2.39. The number of aromatic nitrogens is 1. The quantitative estimate of drug-likeness (QED) is 0.800. The molecule has 0 fully saturated rings. The number of hydrogen-bond donors (Lipinski definition) is 2. The molecule has 0 spiro atoms. The normalized spacial score (nSPS) is 15.3. The number of fused-ring (bicyclic) bond motifs is 2. The molecule has 132 valence electrons. The number of oxazole rings is 1. The van der Waals surface area contributed by atoms with Gasteiger partial charge in [0.1, 0.15) is 0 Å². The molecule has 0 aliphatic heterocycles. The molecule has 6 nitrogen and oxygen atoms in total. The number of anilines is 2. The number of aryl methyl sites for hydroxylation is 2. The Labute approximate surface area is 151 Å². The van der Waals surface area contributed by atoms with Crippen LogP contribution in [0.5, 0.6) is 0 Å². The van der Waals surface area contributed by atoms with Gasteiger partial charge in [-0.2, -0.15) is 0 Å². The zero-order valence-corrected chi connectivity index (χ0v) is 15.3. The lowest BCUT2D eigenvalue weighted by Gasteiger charge is -2.14. The van der Waals surface area contributed by atoms with Crippen molar-refractivity contribution in [3.8, 4) is 0 Å². The Bertz CT molecular complexity index is 783. The summed E-state index contributed by atoms with van der Waals surface area (Å²) in [7, 11) is 3.71. The molecule has 0 atom stereocenters. The summed E-state index contributed by atoms with van der Waals surface area (Å²) in [6, 6.07) is 2.78. The minimum atomic E-state index is -0.289. The van der Waals surface area contributed by atoms with Gasteiger partial charge in [0.25, 0.3) is 11.9 Å². The summed E-state index contributed by atoms with van der Waals surface area (Å²) in [5.74, 6) is -0.0798. The van der Waals surface area contributed by atoms with E-state index in [9.17, 15) is 4.79 Å². The van der Waals surface area contributed by atoms with Crippen LogP contribution in [0, 0.1) is 0 Å². The SMILES string of the molecule is CN(C)SNC(=O)c1cnc(Nc2c3c(cc4c2CCC4)CCC3)o1. The van der Waals surface area contributed by atoms with Crippen LogP contribution in [-0.4, -0.2) is 29.3 Å². The van der Waals surface area contributed by atoms with Gasteiger partial charge in [0.15, 0.2) is 0 Å². The highest BCUT2D eigenvalue weighted by Gasteiger charge is 2.25. The van der Waals surface area contributed by atoms with Gasteiger partial charge >= 0.3 is 0 Å². The number of nitrogens with zero attached hydrogens (tertiary/aromatic N) is 2. The predicted molar refractivity (Wildman–Crippen MR) is 99.0 cm³/mol. The van der Waals surface area contributed by atoms with Gasteiger partial charge in [-0.1, -0.05) is 6.07 Å². The van der Waals surface area contributed by atoms with Crippen molar-refractivity contribution < 1.29 is 9.21 Å². The fourth-order valence-electron chi connectivity index (χ4n) is 3.69. The maximum atomic E-state index is 12.1. The minimum Gasteiger partial charge on any atom is -0.418 e. The first-order valence-corrected chi connectivity index (χ1v) is 9.43. The largest absolute Gasteiger partial charge is 0.418 e. The van der Waals surface area contributed by atoms with Crippen LogP contribution in [0.4, 0.5) is 11.7 Å². The van der Waals surface area contributed by atoms with Crippen molar-refractivity contribution in [1.82, 2.24) is 14.0 Å². The van der Waals surface area contributed by atoms with Crippen LogP contribution >= 0.6 is 12.1 Å². The van der Waals surface area contributed by atoms with E-state index in [4.69, 9.17) is 4.42 Å². The zero-order chi connectivity index (χ0) is 17.4. The Balaban J connectivity index is 1.57. The van der Waals surface area contributed by atoms with Crippen molar-refractivity contribution in [1.29, 1.82) is 0 Å². The lowest BCUT2D eigenvalue weighted by Crippen LogP contribution is -2.20. The molecule has 7 heteroatoms. The first-order chi connectivity index (χ1) is 12.1. The highest BCUT2D eigenvalue weighted by atomic mass is 32.2. The van der Waals surface area contributed by atoms with E-state index in [-0.39, 0.29) is 11.7 Å². The molecular weight excluding hydrogens is 336 g/mol. The second-order valence-electron chi connectivity index (χ2n) is 6.72. The maximum absolute atomic E-state index is 12.1. The average Bonchev–Trinajstić information content (AvgIpc) is 3.31. The van der Waals surface area contributed by atoms with Crippen LogP contribution in [0.1, 0.15) is 45.7 Å². The first kappa shape index (κ1) is 16.5. The van der Waals surface area contributed by atoms with E-state index in [2.05, 4.69) is 21.1 Å². The topological polar surface area (TPSA) is 70.4 Å². The standard InChI is InChI=1S/C18H22N4O2S/c1-22(2)25-21-17(23)15-10-19-18(24-15)20-16-13-7-3-5-11(13)9-12-6-4-8-14(12)16/h9-10H,3-8H2,1-2H3,(H,19,20)(H,21,23). The van der Waals surface area contributed by atoms with Crippen molar-refractivity contribution >= 4 is 29.7 Å². The number of carbonyl (C=O) groups excluding carboxylic acids is 1. The number of rotatable bonds is 5. The smallest absolute Gasteiger partial charge is 0.299 e. The summed E-state index contributed by atoms with van der Waals surface area (Å²) in [4.78, 5) is 16.3. The van der Waals surface area contributed by atoms with E-state index in [1.54, 1.807) is 4.31 Å². The second kappa shape index (κ2) is 6.72. The van der Waals surface area contributed by atoms with Crippen LogP contribution < -0.4 is 10.0 Å². The Morgan fingerprint density at radius 3 is 2.48 bits per heavy atom. The van der Waals surface area contributed by atoms with E-state index in [1.165, 1.54) is 59.1 Å². The molecule has 0 saturated carbocycles. The maximum Gasteiger partial charge on any atom is 0.299 e. The summed E-state index contributed by atoms with van der Waals surface area (Å²) in [5.41, 5.74) is 6.87. The van der Waals surface area contributed by atoms with Gasteiger partial charge in [-0.05, 0) is 74.9 Å². The van der Waals surface area contributed by atoms with E-state index < -0.39 is 0 Å². The molecule has 2 aliphatic carbocycles. The fourth-order valence-corrected chi connectivity index (χ4v) is 4.06. The monoisotopic (exact) mass is 358 g/mol. The van der Waals surface area contributed by atoms with Crippen molar-refractivity contribution in [2.45, 2.75) is 38.5 Å². The van der Waals surface area contributed by atoms with Gasteiger partial charge in [-0.15, -0.1) is 0 Å². The summed E-state index contributed by atoms with van der Waals surface area (Å²) in [5, 5.41) is 3.37. The van der Waals surface area contributed by atoms with Crippen LogP contribution in [0.3, 0.4) is 0 Å². The van der Waals surface area contributed by atoms with Crippen LogP contribution in [0.15, 0.2) is 16.7 Å². The van der Waals surface area contributed by atoms with E-state index in [0.29, 0.717) is 6.01 Å². The molecule has 25 heavy (non-hydrogen) atoms. The molecule has 1 heterocycles. The van der Waals surface area contributed by atoms with E-state index >= 15 is 0 Å². The highest BCUT2D eigenvalue weighted by molar-refractivity contribution is 7.95. The molecule has 4 rings (SSSR count).